The Morgan fingerprint density at radius 3 is 3.08 bits per heavy atom. The van der Waals surface area contributed by atoms with Gasteiger partial charge in [-0.2, -0.15) is 0 Å². The van der Waals surface area contributed by atoms with Crippen LogP contribution >= 0.6 is 0 Å². The fourth-order valence-corrected chi connectivity index (χ4v) is 2.01. The predicted molar refractivity (Wildman–Crippen MR) is 49.8 cm³/mol. The maximum atomic E-state index is 10.8. The van der Waals surface area contributed by atoms with Crippen molar-refractivity contribution in [2.75, 3.05) is 0 Å². The van der Waals surface area contributed by atoms with Gasteiger partial charge in [0.1, 0.15) is 12.0 Å². The van der Waals surface area contributed by atoms with Crippen LogP contribution in [0.3, 0.4) is 0 Å². The molecule has 13 heavy (non-hydrogen) atoms. The molecule has 0 bridgehead atoms. The Morgan fingerprint density at radius 1 is 1.46 bits per heavy atom. The van der Waals surface area contributed by atoms with Crippen molar-refractivity contribution < 1.29 is 9.90 Å². The molecule has 1 aromatic carbocycles. The van der Waals surface area contributed by atoms with Gasteiger partial charge in [-0.25, -0.2) is 0 Å². The highest BCUT2D eigenvalue weighted by Crippen LogP contribution is 2.34. The Labute approximate surface area is 77.2 Å². The van der Waals surface area contributed by atoms with Gasteiger partial charge in [0.15, 0.2) is 0 Å². The van der Waals surface area contributed by atoms with Crippen LogP contribution in [0, 0.1) is 0 Å². The molecule has 0 saturated heterocycles. The molecule has 0 amide bonds. The molecule has 1 atom stereocenters. The number of hydrogen-bond donors (Lipinski definition) is 1. The van der Waals surface area contributed by atoms with Crippen LogP contribution in [0.15, 0.2) is 18.2 Å². The van der Waals surface area contributed by atoms with Crippen molar-refractivity contribution in [1.29, 1.82) is 0 Å². The number of benzene rings is 1. The van der Waals surface area contributed by atoms with Crippen LogP contribution in [-0.2, 0) is 11.2 Å². The van der Waals surface area contributed by atoms with Gasteiger partial charge in [0.25, 0.3) is 0 Å². The Morgan fingerprint density at radius 2 is 2.31 bits per heavy atom. The second-order valence-corrected chi connectivity index (χ2v) is 3.48. The zero-order chi connectivity index (χ0) is 9.26. The lowest BCUT2D eigenvalue weighted by molar-refractivity contribution is -0.109. The lowest BCUT2D eigenvalue weighted by atomic mass is 9.83. The predicted octanol–water partition coefficient (Wildman–Crippen LogP) is 2.01. The molecule has 1 aliphatic carbocycles. The molecule has 0 spiro atoms. The first-order valence-corrected chi connectivity index (χ1v) is 4.59. The SMILES string of the molecule is O=CC1CCCc2c(O)cccc21. The van der Waals surface area contributed by atoms with Crippen LogP contribution in [0.1, 0.15) is 29.9 Å². The van der Waals surface area contributed by atoms with Crippen molar-refractivity contribution in [3.05, 3.63) is 29.3 Å². The van der Waals surface area contributed by atoms with Crippen LogP contribution in [0.4, 0.5) is 0 Å². The van der Waals surface area contributed by atoms with Gasteiger partial charge in [0, 0.05) is 5.92 Å². The number of phenols is 1. The van der Waals surface area contributed by atoms with E-state index in [0.29, 0.717) is 5.75 Å². The number of fused-ring (bicyclic) bond motifs is 1. The van der Waals surface area contributed by atoms with Crippen LogP contribution in [0.2, 0.25) is 0 Å². The van der Waals surface area contributed by atoms with E-state index in [1.165, 1.54) is 0 Å². The summed E-state index contributed by atoms with van der Waals surface area (Å²) >= 11 is 0. The van der Waals surface area contributed by atoms with Gasteiger partial charge in [-0.3, -0.25) is 0 Å². The summed E-state index contributed by atoms with van der Waals surface area (Å²) in [6.45, 7) is 0. The van der Waals surface area contributed by atoms with Crippen LogP contribution in [-0.4, -0.2) is 11.4 Å². The van der Waals surface area contributed by atoms with E-state index in [9.17, 15) is 9.90 Å². The summed E-state index contributed by atoms with van der Waals surface area (Å²) in [7, 11) is 0. The zero-order valence-corrected chi connectivity index (χ0v) is 7.36. The minimum absolute atomic E-state index is 0.00384. The molecular weight excluding hydrogens is 164 g/mol. The number of carbonyl (C=O) groups is 1. The summed E-state index contributed by atoms with van der Waals surface area (Å²) in [4.78, 5) is 10.8. The molecular formula is C11H12O2. The molecule has 1 aliphatic rings. The summed E-state index contributed by atoms with van der Waals surface area (Å²) in [5.41, 5.74) is 1.98. The van der Waals surface area contributed by atoms with E-state index in [0.717, 1.165) is 36.7 Å². The highest BCUT2D eigenvalue weighted by molar-refractivity contribution is 5.65. The van der Waals surface area contributed by atoms with Crippen molar-refractivity contribution in [3.8, 4) is 5.75 Å². The topological polar surface area (TPSA) is 37.3 Å². The maximum Gasteiger partial charge on any atom is 0.127 e. The van der Waals surface area contributed by atoms with Crippen molar-refractivity contribution in [2.24, 2.45) is 0 Å². The van der Waals surface area contributed by atoms with Gasteiger partial charge in [0.2, 0.25) is 0 Å². The van der Waals surface area contributed by atoms with E-state index in [1.54, 1.807) is 12.1 Å². The highest BCUT2D eigenvalue weighted by Gasteiger charge is 2.21. The molecule has 1 aromatic rings. The average Bonchev–Trinajstić information content (AvgIpc) is 2.18. The Balaban J connectivity index is 2.51. The molecule has 68 valence electrons. The van der Waals surface area contributed by atoms with Crippen molar-refractivity contribution >= 4 is 6.29 Å². The minimum Gasteiger partial charge on any atom is -0.508 e. The second-order valence-electron chi connectivity index (χ2n) is 3.48. The van der Waals surface area contributed by atoms with Crippen molar-refractivity contribution in [1.82, 2.24) is 0 Å². The minimum atomic E-state index is -0.00384. The van der Waals surface area contributed by atoms with Crippen LogP contribution in [0.25, 0.3) is 0 Å². The third kappa shape index (κ3) is 1.32. The number of aromatic hydroxyl groups is 1. The third-order valence-electron chi connectivity index (χ3n) is 2.69. The summed E-state index contributed by atoms with van der Waals surface area (Å²) in [5, 5.41) is 9.55. The average molecular weight is 176 g/mol. The number of hydrogen-bond acceptors (Lipinski definition) is 2. The van der Waals surface area contributed by atoms with Gasteiger partial charge in [-0.1, -0.05) is 12.1 Å². The van der Waals surface area contributed by atoms with Gasteiger partial charge >= 0.3 is 0 Å². The molecule has 0 fully saturated rings. The van der Waals surface area contributed by atoms with E-state index in [4.69, 9.17) is 0 Å². The summed E-state index contributed by atoms with van der Waals surface area (Å²) in [5.74, 6) is 0.333. The quantitative estimate of drug-likeness (QED) is 0.664. The fraction of sp³-hybridized carbons (Fsp3) is 0.364. The Bertz CT molecular complexity index is 331. The van der Waals surface area contributed by atoms with Gasteiger partial charge in [-0.05, 0) is 36.5 Å². The molecule has 1 unspecified atom stereocenters. The molecule has 0 heterocycles. The largest absolute Gasteiger partial charge is 0.508 e. The van der Waals surface area contributed by atoms with Gasteiger partial charge < -0.3 is 9.90 Å². The molecule has 0 radical (unpaired) electrons. The van der Waals surface area contributed by atoms with Crippen LogP contribution in [0.5, 0.6) is 5.75 Å². The van der Waals surface area contributed by atoms with E-state index in [1.807, 2.05) is 6.07 Å². The first kappa shape index (κ1) is 8.30. The first-order chi connectivity index (χ1) is 6.33. The van der Waals surface area contributed by atoms with Gasteiger partial charge in [0.05, 0.1) is 0 Å². The highest BCUT2D eigenvalue weighted by atomic mass is 16.3. The first-order valence-electron chi connectivity index (χ1n) is 4.59. The van der Waals surface area contributed by atoms with E-state index in [2.05, 4.69) is 0 Å². The number of phenolic OH excluding ortho intramolecular Hbond substituents is 1. The molecule has 0 saturated carbocycles. The normalized spacial score (nSPS) is 20.8. The summed E-state index contributed by atoms with van der Waals surface area (Å²) < 4.78 is 0. The maximum absolute atomic E-state index is 10.8. The van der Waals surface area contributed by atoms with E-state index in [-0.39, 0.29) is 5.92 Å². The smallest absolute Gasteiger partial charge is 0.127 e. The number of carbonyl (C=O) groups excluding carboxylic acids is 1. The fourth-order valence-electron chi connectivity index (χ4n) is 2.01. The lowest BCUT2D eigenvalue weighted by Crippen LogP contribution is -2.10. The third-order valence-corrected chi connectivity index (χ3v) is 2.69. The van der Waals surface area contributed by atoms with Crippen molar-refractivity contribution in [3.63, 3.8) is 0 Å². The lowest BCUT2D eigenvalue weighted by Gasteiger charge is -2.21. The summed E-state index contributed by atoms with van der Waals surface area (Å²) in [6.07, 6.45) is 3.79. The zero-order valence-electron chi connectivity index (χ0n) is 7.36. The van der Waals surface area contributed by atoms with Gasteiger partial charge in [-0.15, -0.1) is 0 Å². The monoisotopic (exact) mass is 176 g/mol. The van der Waals surface area contributed by atoms with Crippen molar-refractivity contribution in [2.45, 2.75) is 25.2 Å². The molecule has 2 heteroatoms. The molecule has 2 nitrogen and oxygen atoms in total. The molecule has 2 rings (SSSR count). The second kappa shape index (κ2) is 3.21. The molecule has 0 aliphatic heterocycles. The summed E-state index contributed by atoms with van der Waals surface area (Å²) in [6, 6.07) is 5.43. The van der Waals surface area contributed by atoms with Crippen LogP contribution < -0.4 is 0 Å². The molecule has 1 N–H and O–H groups in total. The Kier molecular flexibility index (Phi) is 2.05. The van der Waals surface area contributed by atoms with E-state index >= 15 is 0 Å². The number of aldehydes is 1. The van der Waals surface area contributed by atoms with E-state index < -0.39 is 0 Å². The number of rotatable bonds is 1. The Hall–Kier alpha value is -1.31. The standard InChI is InChI=1S/C11H12O2/c12-7-8-3-1-5-10-9(8)4-2-6-11(10)13/h2,4,6-8,13H,1,3,5H2. The molecule has 0 aromatic heterocycles.